The Kier molecular flexibility index (Phi) is 6.47. The van der Waals surface area contributed by atoms with Crippen LogP contribution in [-0.4, -0.2) is 29.6 Å². The van der Waals surface area contributed by atoms with Gasteiger partial charge in [-0.3, -0.25) is 9.36 Å². The molecule has 4 rings (SSSR count). The van der Waals surface area contributed by atoms with Crippen LogP contribution in [0.4, 0.5) is 0 Å². The van der Waals surface area contributed by atoms with E-state index in [1.165, 1.54) is 10.6 Å². The zero-order chi connectivity index (χ0) is 23.4. The number of allylic oxidation sites excluding steroid dienone is 1. The summed E-state index contributed by atoms with van der Waals surface area (Å²) >= 11 is 5.89. The molecular formula is C26H21ClN2O4. The molecule has 7 heteroatoms. The molecule has 4 aromatic rings. The van der Waals surface area contributed by atoms with Crippen molar-refractivity contribution >= 4 is 23.5 Å². The van der Waals surface area contributed by atoms with Gasteiger partial charge in [-0.2, -0.15) is 0 Å². The Hall–Kier alpha value is -4.03. The number of rotatable bonds is 7. The van der Waals surface area contributed by atoms with E-state index in [-0.39, 0.29) is 11.5 Å². The molecule has 1 aromatic heterocycles. The van der Waals surface area contributed by atoms with E-state index in [2.05, 4.69) is 4.98 Å². The standard InChI is InChI=1S/C26H21ClN2O4/c1-32-24-13-9-18(15-25(24)33-2)22-16-29(26(31)28-22)21-5-3-4-19(14-21)23(30)12-8-17-6-10-20(27)11-7-17/h3-16H,1-2H3,(H,28,31). The minimum atomic E-state index is -0.318. The summed E-state index contributed by atoms with van der Waals surface area (Å²) in [4.78, 5) is 28.2. The highest BCUT2D eigenvalue weighted by atomic mass is 35.5. The number of imidazole rings is 1. The van der Waals surface area contributed by atoms with Crippen molar-refractivity contribution in [2.24, 2.45) is 0 Å². The third kappa shape index (κ3) is 4.91. The van der Waals surface area contributed by atoms with Gasteiger partial charge in [0.1, 0.15) is 0 Å². The van der Waals surface area contributed by atoms with Crippen LogP contribution in [0.2, 0.25) is 5.02 Å². The first-order chi connectivity index (χ1) is 16.0. The molecule has 0 unspecified atom stereocenters. The summed E-state index contributed by atoms with van der Waals surface area (Å²) in [6.07, 6.45) is 4.91. The largest absolute Gasteiger partial charge is 0.493 e. The molecule has 0 aliphatic heterocycles. The minimum Gasteiger partial charge on any atom is -0.493 e. The van der Waals surface area contributed by atoms with Gasteiger partial charge >= 0.3 is 5.69 Å². The van der Waals surface area contributed by atoms with Crippen molar-refractivity contribution in [3.8, 4) is 28.4 Å². The molecule has 0 aliphatic carbocycles. The minimum absolute atomic E-state index is 0.171. The first-order valence-corrected chi connectivity index (χ1v) is 10.5. The van der Waals surface area contributed by atoms with Gasteiger partial charge in [0, 0.05) is 22.3 Å². The lowest BCUT2D eigenvalue weighted by Gasteiger charge is -2.08. The molecule has 0 radical (unpaired) electrons. The van der Waals surface area contributed by atoms with E-state index in [9.17, 15) is 9.59 Å². The van der Waals surface area contributed by atoms with Gasteiger partial charge in [0.05, 0.1) is 25.6 Å². The molecule has 0 amide bonds. The molecule has 6 nitrogen and oxygen atoms in total. The number of halogens is 1. The number of benzene rings is 3. The molecule has 1 N–H and O–H groups in total. The van der Waals surface area contributed by atoms with Gasteiger partial charge in [-0.25, -0.2) is 4.79 Å². The maximum atomic E-state index is 12.7. The molecule has 0 aliphatic rings. The summed E-state index contributed by atoms with van der Waals surface area (Å²) < 4.78 is 12.1. The third-order valence-corrected chi connectivity index (χ3v) is 5.37. The first kappa shape index (κ1) is 22.2. The van der Waals surface area contributed by atoms with E-state index in [0.717, 1.165) is 11.1 Å². The molecular weight excluding hydrogens is 440 g/mol. The first-order valence-electron chi connectivity index (χ1n) is 10.1. The molecule has 0 saturated heterocycles. The maximum Gasteiger partial charge on any atom is 0.330 e. The lowest BCUT2D eigenvalue weighted by atomic mass is 10.1. The van der Waals surface area contributed by atoms with E-state index in [1.54, 1.807) is 75.0 Å². The number of carbonyl (C=O) groups excluding carboxylic acids is 1. The lowest BCUT2D eigenvalue weighted by Crippen LogP contribution is -2.14. The van der Waals surface area contributed by atoms with Crippen molar-refractivity contribution in [3.63, 3.8) is 0 Å². The zero-order valence-corrected chi connectivity index (χ0v) is 18.8. The second-order valence-corrected chi connectivity index (χ2v) is 7.65. The lowest BCUT2D eigenvalue weighted by molar-refractivity contribution is 0.104. The number of H-pyrrole nitrogens is 1. The number of aromatic nitrogens is 2. The fraction of sp³-hybridized carbons (Fsp3) is 0.0769. The number of aromatic amines is 1. The van der Waals surface area contributed by atoms with E-state index < -0.39 is 0 Å². The van der Waals surface area contributed by atoms with E-state index in [0.29, 0.717) is 33.5 Å². The van der Waals surface area contributed by atoms with Crippen LogP contribution in [0.5, 0.6) is 11.5 Å². The average molecular weight is 461 g/mol. The molecule has 0 bridgehead atoms. The Morgan fingerprint density at radius 3 is 2.45 bits per heavy atom. The van der Waals surface area contributed by atoms with Crippen LogP contribution in [0.25, 0.3) is 23.0 Å². The molecule has 1 heterocycles. The Labute approximate surface area is 195 Å². The molecule has 3 aromatic carbocycles. The van der Waals surface area contributed by atoms with Crippen molar-refractivity contribution < 1.29 is 14.3 Å². The van der Waals surface area contributed by atoms with Gasteiger partial charge in [0.25, 0.3) is 0 Å². The maximum absolute atomic E-state index is 12.7. The van der Waals surface area contributed by atoms with Crippen molar-refractivity contribution in [3.05, 3.63) is 106 Å². The van der Waals surface area contributed by atoms with Gasteiger partial charge in [-0.05, 0) is 54.1 Å². The Morgan fingerprint density at radius 2 is 1.73 bits per heavy atom. The number of carbonyl (C=O) groups is 1. The quantitative estimate of drug-likeness (QED) is 0.296. The van der Waals surface area contributed by atoms with Crippen LogP contribution in [-0.2, 0) is 0 Å². The second-order valence-electron chi connectivity index (χ2n) is 7.21. The van der Waals surface area contributed by atoms with Gasteiger partial charge in [-0.1, -0.05) is 41.9 Å². The topological polar surface area (TPSA) is 73.3 Å². The smallest absolute Gasteiger partial charge is 0.330 e. The molecule has 33 heavy (non-hydrogen) atoms. The monoisotopic (exact) mass is 460 g/mol. The molecule has 0 spiro atoms. The van der Waals surface area contributed by atoms with Crippen molar-refractivity contribution in [2.45, 2.75) is 0 Å². The van der Waals surface area contributed by atoms with Crippen molar-refractivity contribution in [2.75, 3.05) is 14.2 Å². The van der Waals surface area contributed by atoms with Crippen LogP contribution in [0.15, 0.2) is 83.8 Å². The van der Waals surface area contributed by atoms with E-state index in [4.69, 9.17) is 21.1 Å². The van der Waals surface area contributed by atoms with Crippen LogP contribution in [0.3, 0.4) is 0 Å². The van der Waals surface area contributed by atoms with Crippen LogP contribution >= 0.6 is 11.6 Å². The molecule has 0 fully saturated rings. The zero-order valence-electron chi connectivity index (χ0n) is 18.0. The Bertz CT molecular complexity index is 1380. The summed E-state index contributed by atoms with van der Waals surface area (Å²) in [5.74, 6) is 0.986. The average Bonchev–Trinajstić information content (AvgIpc) is 3.24. The highest BCUT2D eigenvalue weighted by molar-refractivity contribution is 6.30. The van der Waals surface area contributed by atoms with Crippen LogP contribution < -0.4 is 15.2 Å². The number of hydrogen-bond donors (Lipinski definition) is 1. The fourth-order valence-corrected chi connectivity index (χ4v) is 3.51. The van der Waals surface area contributed by atoms with Crippen molar-refractivity contribution in [1.29, 1.82) is 0 Å². The summed E-state index contributed by atoms with van der Waals surface area (Å²) in [7, 11) is 3.12. The molecule has 166 valence electrons. The number of ketones is 1. The summed E-state index contributed by atoms with van der Waals surface area (Å²) in [6, 6.07) is 19.5. The number of methoxy groups -OCH3 is 2. The SMILES string of the molecule is COc1ccc(-c2cn(-c3cccc(C(=O)C=Cc4ccc(Cl)cc4)c3)c(=O)[nH]2)cc1OC. The highest BCUT2D eigenvalue weighted by Crippen LogP contribution is 2.31. The molecule has 0 atom stereocenters. The summed E-state index contributed by atoms with van der Waals surface area (Å²) in [5.41, 5.74) is 2.97. The summed E-state index contributed by atoms with van der Waals surface area (Å²) in [5, 5.41) is 0.635. The van der Waals surface area contributed by atoms with Gasteiger partial charge < -0.3 is 14.5 Å². The number of ether oxygens (including phenoxy) is 2. The predicted molar refractivity (Wildman–Crippen MR) is 130 cm³/mol. The van der Waals surface area contributed by atoms with Gasteiger partial charge in [-0.15, -0.1) is 0 Å². The second kappa shape index (κ2) is 9.63. The van der Waals surface area contributed by atoms with Crippen LogP contribution in [0.1, 0.15) is 15.9 Å². The Balaban J connectivity index is 1.61. The third-order valence-electron chi connectivity index (χ3n) is 5.12. The molecule has 0 saturated carbocycles. The highest BCUT2D eigenvalue weighted by Gasteiger charge is 2.12. The number of nitrogens with one attached hydrogen (secondary N) is 1. The predicted octanol–water partition coefficient (Wildman–Crippen LogP) is 5.40. The van der Waals surface area contributed by atoms with Gasteiger partial charge in [0.2, 0.25) is 0 Å². The normalized spacial score (nSPS) is 11.0. The van der Waals surface area contributed by atoms with E-state index >= 15 is 0 Å². The van der Waals surface area contributed by atoms with E-state index in [1.807, 2.05) is 18.2 Å². The van der Waals surface area contributed by atoms with Gasteiger partial charge in [0.15, 0.2) is 17.3 Å². The number of hydrogen-bond acceptors (Lipinski definition) is 4. The Morgan fingerprint density at radius 1 is 0.970 bits per heavy atom. The number of nitrogens with zero attached hydrogens (tertiary/aromatic N) is 1. The van der Waals surface area contributed by atoms with Crippen molar-refractivity contribution in [1.82, 2.24) is 9.55 Å². The van der Waals surface area contributed by atoms with Crippen LogP contribution in [0, 0.1) is 0 Å². The summed E-state index contributed by atoms with van der Waals surface area (Å²) in [6.45, 7) is 0. The fourth-order valence-electron chi connectivity index (χ4n) is 3.39.